The average molecular weight is 572 g/mol. The van der Waals surface area contributed by atoms with E-state index < -0.39 is 0 Å². The summed E-state index contributed by atoms with van der Waals surface area (Å²) in [6.45, 7) is 6.12. The van der Waals surface area contributed by atoms with E-state index in [0.717, 1.165) is 40.3 Å². The lowest BCUT2D eigenvalue weighted by Gasteiger charge is -2.13. The Bertz CT molecular complexity index is 1570. The summed E-state index contributed by atoms with van der Waals surface area (Å²) in [6.07, 6.45) is 0.735. The largest absolute Gasteiger partial charge is 0.491 e. The topological polar surface area (TPSA) is 64.8 Å². The molecule has 1 aliphatic heterocycles. The molecule has 0 fully saturated rings. The molecule has 0 bridgehead atoms. The minimum Gasteiger partial charge on any atom is -0.491 e. The highest BCUT2D eigenvalue weighted by Crippen LogP contribution is 2.38. The summed E-state index contributed by atoms with van der Waals surface area (Å²) in [5, 5.41) is 15.2. The molecule has 8 heteroatoms. The van der Waals surface area contributed by atoms with E-state index in [4.69, 9.17) is 14.2 Å². The van der Waals surface area contributed by atoms with Gasteiger partial charge >= 0.3 is 0 Å². The molecule has 0 radical (unpaired) electrons. The third kappa shape index (κ3) is 6.92. The molecule has 0 saturated carbocycles. The van der Waals surface area contributed by atoms with Crippen LogP contribution in [0.15, 0.2) is 81.5 Å². The first kappa shape index (κ1) is 29.3. The zero-order valence-corrected chi connectivity index (χ0v) is 24.8. The normalized spacial score (nSPS) is 12.8. The van der Waals surface area contributed by atoms with Gasteiger partial charge in [-0.05, 0) is 77.0 Å². The molecule has 1 atom stereocenters. The van der Waals surface area contributed by atoms with Crippen molar-refractivity contribution in [3.05, 3.63) is 82.7 Å². The van der Waals surface area contributed by atoms with Gasteiger partial charge in [-0.2, -0.15) is 18.6 Å². The van der Waals surface area contributed by atoms with Crippen LogP contribution >= 0.6 is 24.8 Å². The van der Waals surface area contributed by atoms with Gasteiger partial charge in [0.05, 0.1) is 18.2 Å². The minimum atomic E-state index is 0. The quantitative estimate of drug-likeness (QED) is 0.136. The molecule has 3 aromatic carbocycles. The van der Waals surface area contributed by atoms with E-state index in [0.29, 0.717) is 26.4 Å². The van der Waals surface area contributed by atoms with Crippen LogP contribution in [0.5, 0.6) is 11.5 Å². The highest BCUT2D eigenvalue weighted by atomic mass is 32.1. The number of thiophene rings is 1. The second kappa shape index (κ2) is 14.1. The Hall–Kier alpha value is -3.64. The first-order valence-electron chi connectivity index (χ1n) is 13.0. The summed E-state index contributed by atoms with van der Waals surface area (Å²) in [6, 6.07) is 21.0. The molecule has 2 heterocycles. The SMILES string of the molecule is CC#C[C@@H](CC1=NN=NC1)c1ccc(OCc2ccc3scc(-c4cccc(OCCOC)c4C)c3c2)cc1.S. The van der Waals surface area contributed by atoms with Crippen LogP contribution < -0.4 is 9.47 Å². The molecule has 0 saturated heterocycles. The van der Waals surface area contributed by atoms with Crippen molar-refractivity contribution in [2.45, 2.75) is 32.8 Å². The van der Waals surface area contributed by atoms with Crippen molar-refractivity contribution in [3.63, 3.8) is 0 Å². The van der Waals surface area contributed by atoms with E-state index in [9.17, 15) is 0 Å². The first-order chi connectivity index (χ1) is 19.2. The number of ether oxygens (including phenoxy) is 3. The van der Waals surface area contributed by atoms with Gasteiger partial charge < -0.3 is 14.2 Å². The van der Waals surface area contributed by atoms with Crippen LogP contribution in [0.3, 0.4) is 0 Å². The zero-order chi connectivity index (χ0) is 27.0. The number of hydrogen-bond donors (Lipinski definition) is 0. The Morgan fingerprint density at radius 2 is 1.85 bits per heavy atom. The Morgan fingerprint density at radius 3 is 2.60 bits per heavy atom. The van der Waals surface area contributed by atoms with Gasteiger partial charge in [0.25, 0.3) is 0 Å². The minimum absolute atomic E-state index is 0. The summed E-state index contributed by atoms with van der Waals surface area (Å²) in [5.41, 5.74) is 6.75. The number of hydrogen-bond acceptors (Lipinski definition) is 7. The van der Waals surface area contributed by atoms with Crippen molar-refractivity contribution in [2.75, 3.05) is 26.9 Å². The Kier molecular flexibility index (Phi) is 10.4. The van der Waals surface area contributed by atoms with Gasteiger partial charge in [-0.15, -0.1) is 22.4 Å². The van der Waals surface area contributed by atoms with Gasteiger partial charge in [-0.25, -0.2) is 0 Å². The molecular weight excluding hydrogens is 539 g/mol. The number of benzene rings is 3. The molecular formula is C32H33N3O3S2. The monoisotopic (exact) mass is 571 g/mol. The second-order valence-corrected chi connectivity index (χ2v) is 10.2. The van der Waals surface area contributed by atoms with Crippen LogP contribution in [0, 0.1) is 18.8 Å². The fourth-order valence-corrected chi connectivity index (χ4v) is 5.58. The van der Waals surface area contributed by atoms with Crippen LogP contribution in [0.2, 0.25) is 0 Å². The Morgan fingerprint density at radius 1 is 1.00 bits per heavy atom. The number of fused-ring (bicyclic) bond motifs is 1. The summed E-state index contributed by atoms with van der Waals surface area (Å²) in [5.74, 6) is 8.11. The first-order valence-corrected chi connectivity index (χ1v) is 13.8. The van der Waals surface area contributed by atoms with Gasteiger partial charge in [-0.1, -0.05) is 36.3 Å². The molecule has 6 nitrogen and oxygen atoms in total. The van der Waals surface area contributed by atoms with Crippen LogP contribution in [-0.4, -0.2) is 32.6 Å². The van der Waals surface area contributed by atoms with Crippen LogP contribution in [0.25, 0.3) is 21.2 Å². The van der Waals surface area contributed by atoms with Crippen LogP contribution in [0.4, 0.5) is 0 Å². The number of rotatable bonds is 11. The van der Waals surface area contributed by atoms with Crippen molar-refractivity contribution in [1.29, 1.82) is 0 Å². The van der Waals surface area contributed by atoms with Gasteiger partial charge in [0.15, 0.2) is 0 Å². The van der Waals surface area contributed by atoms with Gasteiger partial charge in [-0.3, -0.25) is 0 Å². The Balaban J connectivity index is 0.00000370. The second-order valence-electron chi connectivity index (χ2n) is 9.31. The van der Waals surface area contributed by atoms with Crippen LogP contribution in [0.1, 0.15) is 36.0 Å². The molecule has 0 unspecified atom stereocenters. The summed E-state index contributed by atoms with van der Waals surface area (Å²) >= 11 is 1.75. The molecule has 0 N–H and O–H groups in total. The zero-order valence-electron chi connectivity index (χ0n) is 22.9. The number of nitrogens with zero attached hydrogens (tertiary/aromatic N) is 3. The van der Waals surface area contributed by atoms with Crippen molar-refractivity contribution < 1.29 is 14.2 Å². The van der Waals surface area contributed by atoms with Crippen molar-refractivity contribution >= 4 is 40.6 Å². The van der Waals surface area contributed by atoms with Crippen LogP contribution in [-0.2, 0) is 11.3 Å². The fraction of sp³-hybridized carbons (Fsp3) is 0.281. The maximum atomic E-state index is 6.17. The van der Waals surface area contributed by atoms with Gasteiger partial charge in [0.2, 0.25) is 0 Å². The molecule has 1 aliphatic rings. The van der Waals surface area contributed by atoms with Crippen molar-refractivity contribution in [1.82, 2.24) is 0 Å². The van der Waals surface area contributed by atoms with E-state index in [1.54, 1.807) is 18.4 Å². The maximum Gasteiger partial charge on any atom is 0.122 e. The van der Waals surface area contributed by atoms with E-state index >= 15 is 0 Å². The predicted molar refractivity (Wildman–Crippen MR) is 168 cm³/mol. The lowest BCUT2D eigenvalue weighted by molar-refractivity contribution is 0.146. The van der Waals surface area contributed by atoms with E-state index in [2.05, 4.69) is 76.0 Å². The standard InChI is InChI=1S/C32H31N3O3S.H2S/c1-4-6-25(18-26-19-33-35-34-26)24-10-12-27(13-11-24)38-20-23-9-14-32-29(17-23)30(21-39-32)28-7-5-8-31(22(28)2)37-16-15-36-3;/h5,7-14,17,21,25H,15-16,18-20H2,1-3H3;1H2/t25-;/m0./s1. The lowest BCUT2D eigenvalue weighted by atomic mass is 9.94. The third-order valence-corrected chi connectivity index (χ3v) is 7.67. The highest BCUT2D eigenvalue weighted by molar-refractivity contribution is 7.59. The van der Waals surface area contributed by atoms with Gasteiger partial charge in [0.1, 0.15) is 31.3 Å². The summed E-state index contributed by atoms with van der Waals surface area (Å²) in [4.78, 5) is 0. The van der Waals surface area contributed by atoms with E-state index in [-0.39, 0.29) is 19.4 Å². The summed E-state index contributed by atoms with van der Waals surface area (Å²) in [7, 11) is 1.68. The Labute approximate surface area is 246 Å². The number of methoxy groups -OCH3 is 1. The molecule has 1 aromatic heterocycles. The predicted octanol–water partition coefficient (Wildman–Crippen LogP) is 7.91. The summed E-state index contributed by atoms with van der Waals surface area (Å²) < 4.78 is 18.5. The lowest BCUT2D eigenvalue weighted by Crippen LogP contribution is -2.07. The average Bonchev–Trinajstić information content (AvgIpc) is 3.63. The maximum absolute atomic E-state index is 6.17. The molecule has 206 valence electrons. The van der Waals surface area contributed by atoms with E-state index in [1.807, 2.05) is 31.2 Å². The van der Waals surface area contributed by atoms with E-state index in [1.165, 1.54) is 21.2 Å². The van der Waals surface area contributed by atoms with Crippen molar-refractivity contribution in [3.8, 4) is 34.5 Å². The fourth-order valence-electron chi connectivity index (χ4n) is 4.64. The molecule has 0 spiro atoms. The highest BCUT2D eigenvalue weighted by Gasteiger charge is 2.15. The molecule has 0 aliphatic carbocycles. The molecule has 0 amide bonds. The van der Waals surface area contributed by atoms with Gasteiger partial charge in [0, 0.05) is 29.2 Å². The molecule has 4 aromatic rings. The molecule has 40 heavy (non-hydrogen) atoms. The molecule has 5 rings (SSSR count). The third-order valence-electron chi connectivity index (χ3n) is 6.71. The smallest absolute Gasteiger partial charge is 0.122 e. The van der Waals surface area contributed by atoms with Crippen molar-refractivity contribution in [2.24, 2.45) is 15.4 Å².